The van der Waals surface area contributed by atoms with Crippen LogP contribution in [0.1, 0.15) is 52.4 Å². The van der Waals surface area contributed by atoms with Crippen molar-refractivity contribution in [2.45, 2.75) is 45.6 Å². The molecule has 162 valence electrons. The second-order valence-electron chi connectivity index (χ2n) is 8.97. The maximum absolute atomic E-state index is 13.0. The quantitative estimate of drug-likeness (QED) is 0.745. The lowest BCUT2D eigenvalue weighted by Gasteiger charge is -2.32. The van der Waals surface area contributed by atoms with Crippen molar-refractivity contribution in [3.8, 4) is 0 Å². The molecule has 2 aromatic rings. The first-order chi connectivity index (χ1) is 14.8. The second-order valence-corrected chi connectivity index (χ2v) is 8.97. The van der Waals surface area contributed by atoms with Gasteiger partial charge in [0.05, 0.1) is 0 Å². The Bertz CT molecular complexity index is 1020. The van der Waals surface area contributed by atoms with Crippen molar-refractivity contribution in [1.82, 2.24) is 15.5 Å². The van der Waals surface area contributed by atoms with E-state index in [9.17, 15) is 14.4 Å². The van der Waals surface area contributed by atoms with Crippen LogP contribution in [0.4, 0.5) is 4.79 Å². The highest BCUT2D eigenvalue weighted by molar-refractivity contribution is 6.07. The van der Waals surface area contributed by atoms with Crippen LogP contribution in [0.5, 0.6) is 0 Å². The normalized spacial score (nSPS) is 21.7. The zero-order valence-corrected chi connectivity index (χ0v) is 18.3. The minimum Gasteiger partial charge on any atom is -0.339 e. The molecule has 6 nitrogen and oxygen atoms in total. The summed E-state index contributed by atoms with van der Waals surface area (Å²) in [6.07, 6.45) is 3.06. The number of urea groups is 1. The van der Waals surface area contributed by atoms with Crippen molar-refractivity contribution in [2.75, 3.05) is 13.1 Å². The molecule has 0 aromatic heterocycles. The van der Waals surface area contributed by atoms with Crippen molar-refractivity contribution < 1.29 is 14.4 Å². The number of nitrogens with one attached hydrogen (secondary N) is 2. The fourth-order valence-electron chi connectivity index (χ4n) is 4.48. The molecule has 4 rings (SSSR count). The van der Waals surface area contributed by atoms with Gasteiger partial charge in [-0.05, 0) is 80.3 Å². The largest absolute Gasteiger partial charge is 0.339 e. The number of likely N-dealkylation sites (tertiary alicyclic amines) is 1. The van der Waals surface area contributed by atoms with E-state index in [1.165, 1.54) is 16.7 Å². The lowest BCUT2D eigenvalue weighted by molar-refractivity contribution is -0.123. The second kappa shape index (κ2) is 8.17. The Morgan fingerprint density at radius 1 is 1.03 bits per heavy atom. The minimum atomic E-state index is -1.11. The van der Waals surface area contributed by atoms with Crippen molar-refractivity contribution in [3.05, 3.63) is 70.3 Å². The number of hydrogen-bond donors (Lipinski definition) is 2. The van der Waals surface area contributed by atoms with Gasteiger partial charge < -0.3 is 10.2 Å². The van der Waals surface area contributed by atoms with E-state index in [2.05, 4.69) is 42.7 Å². The monoisotopic (exact) mass is 419 g/mol. The number of aryl methyl sites for hydroxylation is 2. The van der Waals surface area contributed by atoms with Gasteiger partial charge in [-0.15, -0.1) is 0 Å². The molecule has 0 aliphatic carbocycles. The Balaban J connectivity index is 1.36. The first-order valence-corrected chi connectivity index (χ1v) is 10.9. The number of rotatable bonds is 4. The van der Waals surface area contributed by atoms with Crippen LogP contribution in [0, 0.1) is 19.8 Å². The summed E-state index contributed by atoms with van der Waals surface area (Å²) < 4.78 is 0. The van der Waals surface area contributed by atoms with E-state index in [-0.39, 0.29) is 11.8 Å². The molecule has 4 amide bonds. The molecule has 1 atom stereocenters. The molecule has 2 heterocycles. The maximum Gasteiger partial charge on any atom is 0.322 e. The van der Waals surface area contributed by atoms with Gasteiger partial charge >= 0.3 is 6.03 Å². The van der Waals surface area contributed by atoms with Gasteiger partial charge in [0, 0.05) is 18.7 Å². The Morgan fingerprint density at radius 2 is 1.71 bits per heavy atom. The molecule has 1 unspecified atom stereocenters. The first kappa shape index (κ1) is 21.1. The number of nitrogens with zero attached hydrogens (tertiary/aromatic N) is 1. The van der Waals surface area contributed by atoms with E-state index in [4.69, 9.17) is 0 Å². The predicted octanol–water partition coefficient (Wildman–Crippen LogP) is 3.45. The summed E-state index contributed by atoms with van der Waals surface area (Å²) >= 11 is 0. The van der Waals surface area contributed by atoms with Crippen LogP contribution in [0.25, 0.3) is 0 Å². The molecular formula is C25H29N3O3. The van der Waals surface area contributed by atoms with Crippen molar-refractivity contribution in [3.63, 3.8) is 0 Å². The van der Waals surface area contributed by atoms with E-state index in [0.29, 0.717) is 17.0 Å². The number of amides is 4. The minimum absolute atomic E-state index is 0.0150. The van der Waals surface area contributed by atoms with Gasteiger partial charge in [0.2, 0.25) is 0 Å². The summed E-state index contributed by atoms with van der Waals surface area (Å²) in [6.45, 7) is 7.45. The zero-order chi connectivity index (χ0) is 22.2. The number of carbonyl (C=O) groups excluding carboxylic acids is 3. The summed E-state index contributed by atoms with van der Waals surface area (Å²) in [5.41, 5.74) is 4.17. The number of piperidine rings is 1. The van der Waals surface area contributed by atoms with Crippen LogP contribution < -0.4 is 10.6 Å². The fourth-order valence-corrected chi connectivity index (χ4v) is 4.48. The average molecular weight is 420 g/mol. The van der Waals surface area contributed by atoms with Crippen LogP contribution in [-0.4, -0.2) is 35.8 Å². The lowest BCUT2D eigenvalue weighted by Crippen LogP contribution is -2.41. The van der Waals surface area contributed by atoms with Gasteiger partial charge in [0.25, 0.3) is 11.8 Å². The topological polar surface area (TPSA) is 78.5 Å². The summed E-state index contributed by atoms with van der Waals surface area (Å²) in [5, 5.41) is 4.90. The number of hydrogen-bond acceptors (Lipinski definition) is 3. The number of benzene rings is 2. The number of imide groups is 1. The van der Waals surface area contributed by atoms with E-state index in [1.54, 1.807) is 31.2 Å². The Morgan fingerprint density at radius 3 is 2.29 bits per heavy atom. The van der Waals surface area contributed by atoms with Crippen molar-refractivity contribution in [1.29, 1.82) is 0 Å². The smallest absolute Gasteiger partial charge is 0.322 e. The van der Waals surface area contributed by atoms with Crippen LogP contribution >= 0.6 is 0 Å². The zero-order valence-electron chi connectivity index (χ0n) is 18.3. The lowest BCUT2D eigenvalue weighted by atomic mass is 9.88. The van der Waals surface area contributed by atoms with Gasteiger partial charge in [-0.2, -0.15) is 0 Å². The molecular weight excluding hydrogens is 390 g/mol. The van der Waals surface area contributed by atoms with Crippen molar-refractivity contribution in [2.24, 2.45) is 5.92 Å². The molecule has 0 radical (unpaired) electrons. The van der Waals surface area contributed by atoms with Crippen LogP contribution in [0.3, 0.4) is 0 Å². The van der Waals surface area contributed by atoms with Crippen molar-refractivity contribution >= 4 is 17.8 Å². The van der Waals surface area contributed by atoms with E-state index in [1.807, 2.05) is 4.90 Å². The summed E-state index contributed by atoms with van der Waals surface area (Å²) in [5.74, 6) is 0.224. The molecule has 2 fully saturated rings. The summed E-state index contributed by atoms with van der Waals surface area (Å²) in [7, 11) is 0. The third kappa shape index (κ3) is 4.20. The molecule has 6 heteroatoms. The maximum atomic E-state index is 13.0. The van der Waals surface area contributed by atoms with Crippen LogP contribution in [-0.2, 0) is 16.8 Å². The Labute approximate surface area is 183 Å². The average Bonchev–Trinajstić information content (AvgIpc) is 3.03. The standard InChI is InChI=1S/C25H29N3O3/c1-16-4-5-19(14-17(16)2)15-18-10-12-28(13-11-18)22(29)20-6-8-21(9-7-20)25(3)23(30)26-24(31)27-25/h4-9,14,18H,10-13,15H2,1-3H3,(H2,26,27,30,31). The first-order valence-electron chi connectivity index (χ1n) is 10.9. The predicted molar refractivity (Wildman–Crippen MR) is 119 cm³/mol. The molecule has 0 spiro atoms. The van der Waals surface area contributed by atoms with Gasteiger partial charge in [-0.1, -0.05) is 30.3 Å². The highest BCUT2D eigenvalue weighted by Gasteiger charge is 2.43. The van der Waals surface area contributed by atoms with Gasteiger partial charge in [-0.3, -0.25) is 14.9 Å². The third-order valence-electron chi connectivity index (χ3n) is 6.75. The molecule has 0 bridgehead atoms. The van der Waals surface area contributed by atoms with Crippen LogP contribution in [0.15, 0.2) is 42.5 Å². The summed E-state index contributed by atoms with van der Waals surface area (Å²) in [4.78, 5) is 38.5. The fraction of sp³-hybridized carbons (Fsp3) is 0.400. The molecule has 2 N–H and O–H groups in total. The van der Waals surface area contributed by atoms with Gasteiger partial charge in [-0.25, -0.2) is 4.79 Å². The van der Waals surface area contributed by atoms with Crippen LogP contribution in [0.2, 0.25) is 0 Å². The molecule has 2 saturated heterocycles. The highest BCUT2D eigenvalue weighted by Crippen LogP contribution is 2.26. The van der Waals surface area contributed by atoms with E-state index < -0.39 is 11.6 Å². The van der Waals surface area contributed by atoms with Gasteiger partial charge in [0.1, 0.15) is 5.54 Å². The molecule has 0 saturated carbocycles. The molecule has 2 aliphatic heterocycles. The highest BCUT2D eigenvalue weighted by atomic mass is 16.2. The Kier molecular flexibility index (Phi) is 5.56. The third-order valence-corrected chi connectivity index (χ3v) is 6.75. The summed E-state index contributed by atoms with van der Waals surface area (Å²) in [6, 6.07) is 13.1. The van der Waals surface area contributed by atoms with Gasteiger partial charge in [0.15, 0.2) is 0 Å². The molecule has 2 aliphatic rings. The Hall–Kier alpha value is -3.15. The number of carbonyl (C=O) groups is 3. The SMILES string of the molecule is Cc1ccc(CC2CCN(C(=O)c3ccc(C4(C)NC(=O)NC4=O)cc3)CC2)cc1C. The molecule has 2 aromatic carbocycles. The van der Waals surface area contributed by atoms with E-state index >= 15 is 0 Å². The van der Waals surface area contributed by atoms with E-state index in [0.717, 1.165) is 32.4 Å². The molecule has 31 heavy (non-hydrogen) atoms.